The molecule has 3 nitrogen and oxygen atoms in total. The first-order valence-electron chi connectivity index (χ1n) is 6.93. The quantitative estimate of drug-likeness (QED) is 0.717. The SMILES string of the molecule is O=S(=O)(/C=C/c1ccc(Cl)cc1)NCc1cc2ccccc2s1. The average Bonchev–Trinajstić information content (AvgIpc) is 2.96. The Kier molecular flexibility index (Phi) is 4.82. The van der Waals surface area contributed by atoms with Gasteiger partial charge in [-0.05, 0) is 41.3 Å². The zero-order valence-electron chi connectivity index (χ0n) is 12.1. The smallest absolute Gasteiger partial charge is 0.208 e. The molecule has 0 spiro atoms. The molecule has 1 N–H and O–H groups in total. The number of thiophene rings is 1. The van der Waals surface area contributed by atoms with Crippen molar-refractivity contribution in [2.45, 2.75) is 6.54 Å². The van der Waals surface area contributed by atoms with Gasteiger partial charge in [0.2, 0.25) is 10.0 Å². The summed E-state index contributed by atoms with van der Waals surface area (Å²) in [6.45, 7) is 0.284. The molecule has 3 aromatic rings. The number of hydrogen-bond donors (Lipinski definition) is 1. The summed E-state index contributed by atoms with van der Waals surface area (Å²) in [5.74, 6) is 0. The number of benzene rings is 2. The molecule has 1 heterocycles. The summed E-state index contributed by atoms with van der Waals surface area (Å²) in [5, 5.41) is 2.92. The second kappa shape index (κ2) is 6.84. The van der Waals surface area contributed by atoms with E-state index in [1.165, 1.54) is 5.41 Å². The van der Waals surface area contributed by atoms with Gasteiger partial charge in [-0.1, -0.05) is 41.9 Å². The van der Waals surface area contributed by atoms with Crippen molar-refractivity contribution in [3.63, 3.8) is 0 Å². The minimum atomic E-state index is -3.48. The summed E-state index contributed by atoms with van der Waals surface area (Å²) in [5.41, 5.74) is 0.779. The molecule has 0 aliphatic carbocycles. The van der Waals surface area contributed by atoms with Gasteiger partial charge in [-0.25, -0.2) is 13.1 Å². The van der Waals surface area contributed by atoms with Gasteiger partial charge in [-0.3, -0.25) is 0 Å². The van der Waals surface area contributed by atoms with Crippen LogP contribution in [0.15, 0.2) is 60.0 Å². The van der Waals surface area contributed by atoms with Crippen LogP contribution >= 0.6 is 22.9 Å². The van der Waals surface area contributed by atoms with Crippen molar-refractivity contribution in [2.24, 2.45) is 0 Å². The van der Waals surface area contributed by atoms with Gasteiger partial charge in [0.15, 0.2) is 0 Å². The van der Waals surface area contributed by atoms with E-state index in [0.29, 0.717) is 5.02 Å². The number of sulfonamides is 1. The Morgan fingerprint density at radius 3 is 2.57 bits per heavy atom. The van der Waals surface area contributed by atoms with E-state index in [0.717, 1.165) is 20.5 Å². The maximum absolute atomic E-state index is 12.0. The summed E-state index contributed by atoms with van der Waals surface area (Å²) < 4.78 is 27.8. The molecule has 0 fully saturated rings. The van der Waals surface area contributed by atoms with Crippen molar-refractivity contribution < 1.29 is 8.42 Å². The Morgan fingerprint density at radius 1 is 1.09 bits per heavy atom. The van der Waals surface area contributed by atoms with Gasteiger partial charge in [-0.2, -0.15) is 0 Å². The van der Waals surface area contributed by atoms with E-state index < -0.39 is 10.0 Å². The van der Waals surface area contributed by atoms with Gasteiger partial charge in [0, 0.05) is 26.6 Å². The zero-order valence-corrected chi connectivity index (χ0v) is 14.5. The molecule has 0 saturated heterocycles. The van der Waals surface area contributed by atoms with Crippen LogP contribution in [-0.4, -0.2) is 8.42 Å². The van der Waals surface area contributed by atoms with Crippen molar-refractivity contribution in [1.29, 1.82) is 0 Å². The molecule has 3 rings (SSSR count). The van der Waals surface area contributed by atoms with Crippen molar-refractivity contribution in [3.05, 3.63) is 75.5 Å². The molecular weight excluding hydrogens is 350 g/mol. The lowest BCUT2D eigenvalue weighted by atomic mass is 10.2. The molecule has 0 radical (unpaired) electrons. The third-order valence-electron chi connectivity index (χ3n) is 3.23. The highest BCUT2D eigenvalue weighted by Crippen LogP contribution is 2.25. The Hall–Kier alpha value is -1.66. The lowest BCUT2D eigenvalue weighted by Crippen LogP contribution is -2.19. The van der Waals surface area contributed by atoms with E-state index in [4.69, 9.17) is 11.6 Å². The first-order chi connectivity index (χ1) is 11.0. The molecule has 2 aromatic carbocycles. The summed E-state index contributed by atoms with van der Waals surface area (Å²) in [4.78, 5) is 0.981. The predicted molar refractivity (Wildman–Crippen MR) is 98.1 cm³/mol. The van der Waals surface area contributed by atoms with Crippen molar-refractivity contribution >= 4 is 49.1 Å². The van der Waals surface area contributed by atoms with Crippen LogP contribution in [0.4, 0.5) is 0 Å². The third-order valence-corrected chi connectivity index (χ3v) is 5.64. The van der Waals surface area contributed by atoms with Gasteiger partial charge in [0.05, 0.1) is 0 Å². The number of fused-ring (bicyclic) bond motifs is 1. The first kappa shape index (κ1) is 16.2. The second-order valence-electron chi connectivity index (χ2n) is 4.97. The monoisotopic (exact) mass is 363 g/mol. The molecular formula is C17H14ClNO2S2. The molecule has 1 aromatic heterocycles. The molecule has 0 unspecified atom stereocenters. The Morgan fingerprint density at radius 2 is 1.83 bits per heavy atom. The lowest BCUT2D eigenvalue weighted by Gasteiger charge is -2.00. The summed E-state index contributed by atoms with van der Waals surface area (Å²) >= 11 is 7.39. The Bertz CT molecular complexity index is 911. The average molecular weight is 364 g/mol. The number of halogens is 1. The normalized spacial score (nSPS) is 12.2. The number of rotatable bonds is 5. The van der Waals surface area contributed by atoms with Gasteiger partial charge in [0.25, 0.3) is 0 Å². The van der Waals surface area contributed by atoms with Crippen LogP contribution in [0.3, 0.4) is 0 Å². The standard InChI is InChI=1S/C17H14ClNO2S2/c18-15-7-5-13(6-8-15)9-10-23(20,21)19-12-16-11-14-3-1-2-4-17(14)22-16/h1-11,19H,12H2/b10-9+. The fourth-order valence-electron chi connectivity index (χ4n) is 2.09. The minimum Gasteiger partial charge on any atom is -0.208 e. The Balaban J connectivity index is 1.67. The van der Waals surface area contributed by atoms with Gasteiger partial charge >= 0.3 is 0 Å². The second-order valence-corrected chi connectivity index (χ2v) is 8.23. The van der Waals surface area contributed by atoms with Gasteiger partial charge in [-0.15, -0.1) is 11.3 Å². The molecule has 0 bridgehead atoms. The zero-order chi connectivity index (χ0) is 16.3. The molecule has 23 heavy (non-hydrogen) atoms. The summed E-state index contributed by atoms with van der Waals surface area (Å²) in [7, 11) is -3.48. The van der Waals surface area contributed by atoms with E-state index >= 15 is 0 Å². The van der Waals surface area contributed by atoms with Crippen LogP contribution in [-0.2, 0) is 16.6 Å². The first-order valence-corrected chi connectivity index (χ1v) is 9.67. The van der Waals surface area contributed by atoms with E-state index in [1.54, 1.807) is 41.7 Å². The fraction of sp³-hybridized carbons (Fsp3) is 0.0588. The van der Waals surface area contributed by atoms with E-state index in [1.807, 2.05) is 30.3 Å². The molecule has 0 aliphatic heterocycles. The molecule has 0 atom stereocenters. The maximum atomic E-state index is 12.0. The van der Waals surface area contributed by atoms with E-state index in [-0.39, 0.29) is 6.54 Å². The lowest BCUT2D eigenvalue weighted by molar-refractivity contribution is 0.591. The number of hydrogen-bond acceptors (Lipinski definition) is 3. The molecule has 6 heteroatoms. The summed E-state index contributed by atoms with van der Waals surface area (Å²) in [6, 6.07) is 17.0. The summed E-state index contributed by atoms with van der Waals surface area (Å²) in [6.07, 6.45) is 1.55. The maximum Gasteiger partial charge on any atom is 0.234 e. The highest BCUT2D eigenvalue weighted by molar-refractivity contribution is 7.92. The fourth-order valence-corrected chi connectivity index (χ4v) is 4.10. The molecule has 0 amide bonds. The molecule has 0 saturated carbocycles. The van der Waals surface area contributed by atoms with Crippen LogP contribution in [0.5, 0.6) is 0 Å². The van der Waals surface area contributed by atoms with Gasteiger partial charge in [0.1, 0.15) is 0 Å². The van der Waals surface area contributed by atoms with Crippen molar-refractivity contribution in [2.75, 3.05) is 0 Å². The molecule has 118 valence electrons. The van der Waals surface area contributed by atoms with Crippen molar-refractivity contribution in [1.82, 2.24) is 4.72 Å². The predicted octanol–water partition coefficient (Wildman–Crippen LogP) is 4.65. The van der Waals surface area contributed by atoms with Crippen LogP contribution < -0.4 is 4.72 Å². The Labute approximate surface area is 144 Å². The van der Waals surface area contributed by atoms with E-state index in [9.17, 15) is 8.42 Å². The van der Waals surface area contributed by atoms with Gasteiger partial charge < -0.3 is 0 Å². The van der Waals surface area contributed by atoms with Crippen LogP contribution in [0.25, 0.3) is 16.2 Å². The third kappa shape index (κ3) is 4.42. The van der Waals surface area contributed by atoms with Crippen LogP contribution in [0.2, 0.25) is 5.02 Å². The van der Waals surface area contributed by atoms with Crippen LogP contribution in [0.1, 0.15) is 10.4 Å². The highest BCUT2D eigenvalue weighted by atomic mass is 35.5. The van der Waals surface area contributed by atoms with Crippen molar-refractivity contribution in [3.8, 4) is 0 Å². The minimum absolute atomic E-state index is 0.284. The topological polar surface area (TPSA) is 46.2 Å². The largest absolute Gasteiger partial charge is 0.234 e. The van der Waals surface area contributed by atoms with E-state index in [2.05, 4.69) is 4.72 Å². The molecule has 0 aliphatic rings. The van der Waals surface area contributed by atoms with Crippen LogP contribution in [0, 0.1) is 0 Å². The highest BCUT2D eigenvalue weighted by Gasteiger charge is 2.07. The number of nitrogens with one attached hydrogen (secondary N) is 1.